The first-order valence-corrected chi connectivity index (χ1v) is 11.0. The van der Waals surface area contributed by atoms with E-state index in [-0.39, 0.29) is 5.69 Å². The van der Waals surface area contributed by atoms with Gasteiger partial charge < -0.3 is 0 Å². The normalized spacial score (nSPS) is 11.8. The zero-order valence-corrected chi connectivity index (χ0v) is 18.0. The number of nitrogens with zero attached hydrogens (tertiary/aromatic N) is 2. The van der Waals surface area contributed by atoms with E-state index in [4.69, 9.17) is 0 Å². The van der Waals surface area contributed by atoms with Crippen LogP contribution in [0, 0.1) is 5.82 Å². The molecule has 0 radical (unpaired) electrons. The number of carbonyl (C=O) groups excluding carboxylic acids is 2. The molecule has 0 saturated heterocycles. The van der Waals surface area contributed by atoms with Gasteiger partial charge in [0.05, 0.1) is 23.0 Å². The molecule has 9 nitrogen and oxygen atoms in total. The average Bonchev–Trinajstić information content (AvgIpc) is 3.27. The Morgan fingerprint density at radius 2 is 1.68 bits per heavy atom. The van der Waals surface area contributed by atoms with E-state index in [9.17, 15) is 35.6 Å². The molecule has 0 atom stereocenters. The third-order valence-electron chi connectivity index (χ3n) is 4.42. The molecule has 0 fully saturated rings. The zero-order chi connectivity index (χ0) is 24.9. The summed E-state index contributed by atoms with van der Waals surface area (Å²) in [6.45, 7) is -0.524. The Balaban J connectivity index is 1.55. The van der Waals surface area contributed by atoms with Crippen molar-refractivity contribution in [3.63, 3.8) is 0 Å². The highest BCUT2D eigenvalue weighted by Gasteiger charge is 2.36. The second-order valence-corrected chi connectivity index (χ2v) is 8.50. The molecule has 0 aliphatic rings. The van der Waals surface area contributed by atoms with Crippen LogP contribution in [0.2, 0.25) is 0 Å². The third kappa shape index (κ3) is 5.96. The number of amides is 2. The molecule has 180 valence electrons. The lowest BCUT2D eigenvalue weighted by molar-refractivity contribution is -0.139. The first kappa shape index (κ1) is 24.9. The van der Waals surface area contributed by atoms with Crippen LogP contribution in [0.25, 0.3) is 5.69 Å². The van der Waals surface area contributed by atoms with Crippen LogP contribution in [-0.2, 0) is 21.0 Å². The fourth-order valence-electron chi connectivity index (χ4n) is 2.84. The Bertz CT molecular complexity index is 1290. The van der Waals surface area contributed by atoms with Gasteiger partial charge in [-0.1, -0.05) is 12.1 Å². The topological polar surface area (TPSA) is 122 Å². The molecule has 0 spiro atoms. The lowest BCUT2D eigenvalue weighted by Crippen LogP contribution is -2.43. The number of hydrazine groups is 1. The largest absolute Gasteiger partial charge is 0.417 e. The minimum atomic E-state index is -4.88. The molecule has 0 saturated carbocycles. The molecule has 3 rings (SSSR count). The van der Waals surface area contributed by atoms with E-state index >= 15 is 0 Å². The van der Waals surface area contributed by atoms with Gasteiger partial charge in [-0.2, -0.15) is 13.2 Å². The van der Waals surface area contributed by atoms with E-state index in [0.29, 0.717) is 11.8 Å². The average molecular weight is 499 g/mol. The van der Waals surface area contributed by atoms with Crippen LogP contribution < -0.4 is 15.6 Å². The maximum Gasteiger partial charge on any atom is 0.417 e. The minimum Gasteiger partial charge on any atom is -0.295 e. The highest BCUT2D eigenvalue weighted by atomic mass is 32.2. The zero-order valence-electron chi connectivity index (χ0n) is 17.1. The van der Waals surface area contributed by atoms with E-state index in [2.05, 4.69) is 15.8 Å². The Morgan fingerprint density at radius 1 is 1.00 bits per heavy atom. The first-order chi connectivity index (χ1) is 16.0. The molecule has 34 heavy (non-hydrogen) atoms. The number of nitrogens with one attached hydrogen (secondary N) is 3. The van der Waals surface area contributed by atoms with E-state index in [1.165, 1.54) is 41.4 Å². The third-order valence-corrected chi connectivity index (χ3v) is 5.94. The van der Waals surface area contributed by atoms with Crippen molar-refractivity contribution < 1.29 is 35.6 Å². The number of aromatic nitrogens is 2. The summed E-state index contributed by atoms with van der Waals surface area (Å²) in [6.07, 6.45) is -2.85. The van der Waals surface area contributed by atoms with Crippen LogP contribution in [0.5, 0.6) is 0 Å². The number of halogens is 4. The molecule has 1 aromatic heterocycles. The second kappa shape index (κ2) is 10.0. The molecule has 0 bridgehead atoms. The monoisotopic (exact) mass is 499 g/mol. The van der Waals surface area contributed by atoms with Crippen LogP contribution in [0.3, 0.4) is 0 Å². The molecule has 14 heteroatoms. The number of carbonyl (C=O) groups is 2. The smallest absolute Gasteiger partial charge is 0.295 e. The number of sulfonamides is 1. The van der Waals surface area contributed by atoms with Crippen LogP contribution in [0.1, 0.15) is 22.5 Å². The molecular formula is C20H17F4N5O4S. The molecular weight excluding hydrogens is 482 g/mol. The van der Waals surface area contributed by atoms with Gasteiger partial charge in [-0.25, -0.2) is 22.5 Å². The minimum absolute atomic E-state index is 0.0105. The van der Waals surface area contributed by atoms with Crippen molar-refractivity contribution in [3.05, 3.63) is 78.1 Å². The molecule has 2 aromatic carbocycles. The van der Waals surface area contributed by atoms with Gasteiger partial charge in [0.25, 0.3) is 5.91 Å². The van der Waals surface area contributed by atoms with E-state index in [0.717, 1.165) is 18.2 Å². The fraction of sp³-hybridized carbons (Fsp3) is 0.150. The van der Waals surface area contributed by atoms with Gasteiger partial charge in [0.1, 0.15) is 11.5 Å². The van der Waals surface area contributed by atoms with Crippen LogP contribution >= 0.6 is 0 Å². The molecule has 2 amide bonds. The Kier molecular flexibility index (Phi) is 7.32. The van der Waals surface area contributed by atoms with Gasteiger partial charge in [-0.05, 0) is 36.4 Å². The molecule has 1 heterocycles. The second-order valence-electron chi connectivity index (χ2n) is 6.77. The van der Waals surface area contributed by atoms with Crippen LogP contribution in [0.4, 0.5) is 17.6 Å². The molecule has 3 N–H and O–H groups in total. The van der Waals surface area contributed by atoms with E-state index in [1.807, 2.05) is 4.72 Å². The van der Waals surface area contributed by atoms with Gasteiger partial charge in [-0.15, -0.1) is 0 Å². The van der Waals surface area contributed by atoms with Crippen molar-refractivity contribution in [2.24, 2.45) is 0 Å². The van der Waals surface area contributed by atoms with Crippen molar-refractivity contribution in [1.29, 1.82) is 0 Å². The first-order valence-electron chi connectivity index (χ1n) is 9.52. The Morgan fingerprint density at radius 3 is 2.35 bits per heavy atom. The number of rotatable bonds is 7. The summed E-state index contributed by atoms with van der Waals surface area (Å²) in [5.41, 5.74) is 3.29. The number of imidazole rings is 1. The van der Waals surface area contributed by atoms with Crippen molar-refractivity contribution in [2.45, 2.75) is 17.5 Å². The predicted molar refractivity (Wildman–Crippen MR) is 110 cm³/mol. The molecule has 3 aromatic rings. The highest BCUT2D eigenvalue weighted by molar-refractivity contribution is 7.89. The lowest BCUT2D eigenvalue weighted by atomic mass is 10.2. The molecule has 0 unspecified atom stereocenters. The highest BCUT2D eigenvalue weighted by Crippen LogP contribution is 2.33. The summed E-state index contributed by atoms with van der Waals surface area (Å²) in [6, 6.07) is 8.83. The summed E-state index contributed by atoms with van der Waals surface area (Å²) in [5, 5.41) is 0. The number of hydrogen-bond acceptors (Lipinski definition) is 5. The van der Waals surface area contributed by atoms with Crippen molar-refractivity contribution in [3.8, 4) is 5.69 Å². The number of alkyl halides is 3. The van der Waals surface area contributed by atoms with Crippen LogP contribution in [-0.4, -0.2) is 36.3 Å². The lowest BCUT2D eigenvalue weighted by Gasteiger charge is -2.14. The maximum absolute atomic E-state index is 13.1. The summed E-state index contributed by atoms with van der Waals surface area (Å²) < 4.78 is 80.0. The Labute approximate surface area is 190 Å². The van der Waals surface area contributed by atoms with E-state index in [1.54, 1.807) is 0 Å². The summed E-state index contributed by atoms with van der Waals surface area (Å²) in [4.78, 5) is 27.2. The van der Waals surface area contributed by atoms with Crippen molar-refractivity contribution in [2.75, 3.05) is 6.54 Å². The van der Waals surface area contributed by atoms with Gasteiger partial charge in [0.15, 0.2) is 0 Å². The van der Waals surface area contributed by atoms with Crippen LogP contribution in [0.15, 0.2) is 66.0 Å². The summed E-state index contributed by atoms with van der Waals surface area (Å²) in [5.74, 6) is -2.05. The molecule has 0 aliphatic carbocycles. The van der Waals surface area contributed by atoms with Gasteiger partial charge in [-0.3, -0.25) is 25.0 Å². The number of benzene rings is 2. The number of hydrogen-bond donors (Lipinski definition) is 3. The van der Waals surface area contributed by atoms with Gasteiger partial charge >= 0.3 is 6.18 Å². The predicted octanol–water partition coefficient (Wildman–Crippen LogP) is 2.16. The van der Waals surface area contributed by atoms with Gasteiger partial charge in [0, 0.05) is 18.7 Å². The fourth-order valence-corrected chi connectivity index (χ4v) is 4.09. The quantitative estimate of drug-likeness (QED) is 0.340. The standard InChI is InChI=1S/C20H17F4N5O4S/c21-13-5-7-14(8-6-13)29-12-25-11-16(29)19(31)28-27-18(30)9-10-26-34(32,33)17-4-2-1-3-15(17)20(22,23)24/h1-8,11-12,26H,9-10H2,(H,27,30)(H,28,31). The van der Waals surface area contributed by atoms with Crippen molar-refractivity contribution in [1.82, 2.24) is 25.1 Å². The van der Waals surface area contributed by atoms with Gasteiger partial charge in [0.2, 0.25) is 15.9 Å². The maximum atomic E-state index is 13.1. The SMILES string of the molecule is O=C(CCNS(=O)(=O)c1ccccc1C(F)(F)F)NNC(=O)c1cncn1-c1ccc(F)cc1. The molecule has 0 aliphatic heterocycles. The van der Waals surface area contributed by atoms with E-state index < -0.39 is 57.3 Å². The summed E-state index contributed by atoms with van der Waals surface area (Å²) >= 11 is 0. The summed E-state index contributed by atoms with van der Waals surface area (Å²) in [7, 11) is -4.55. The van der Waals surface area contributed by atoms with Crippen molar-refractivity contribution >= 4 is 21.8 Å². The Hall–Kier alpha value is -3.78.